The summed E-state index contributed by atoms with van der Waals surface area (Å²) in [5.41, 5.74) is 1.49. The van der Waals surface area contributed by atoms with Gasteiger partial charge in [0.25, 0.3) is 0 Å². The topological polar surface area (TPSA) is 58.6 Å². The minimum Gasteiger partial charge on any atom is -0.494 e. The van der Waals surface area contributed by atoms with Gasteiger partial charge in [-0.25, -0.2) is 0 Å². The Morgan fingerprint density at radius 2 is 1.96 bits per heavy atom. The monoisotopic (exact) mass is 402 g/mol. The second-order valence-electron chi connectivity index (χ2n) is 5.80. The van der Waals surface area contributed by atoms with Gasteiger partial charge in [-0.05, 0) is 59.3 Å². The number of ether oxygens (including phenoxy) is 1. The normalized spacial score (nSPS) is 16.8. The number of nitrogens with zero attached hydrogens (tertiary/aromatic N) is 1. The molecule has 1 N–H and O–H groups in total. The van der Waals surface area contributed by atoms with Crippen LogP contribution < -0.4 is 15.0 Å². The van der Waals surface area contributed by atoms with Gasteiger partial charge in [-0.2, -0.15) is 0 Å². The number of carbonyl (C=O) groups is 2. The number of hydrogen-bond donors (Lipinski definition) is 1. The number of amides is 2. The van der Waals surface area contributed by atoms with Crippen LogP contribution in [0.5, 0.6) is 5.75 Å². The van der Waals surface area contributed by atoms with Crippen LogP contribution in [0.4, 0.5) is 11.4 Å². The maximum Gasteiger partial charge on any atom is 0.229 e. The number of nitrogens with one attached hydrogen (secondary N) is 1. The fourth-order valence-electron chi connectivity index (χ4n) is 2.82. The molecule has 1 heterocycles. The first-order valence-corrected chi connectivity index (χ1v) is 8.96. The smallest absolute Gasteiger partial charge is 0.229 e. The number of halogens is 1. The average Bonchev–Trinajstić information content (AvgIpc) is 3.00. The van der Waals surface area contributed by atoms with Gasteiger partial charge >= 0.3 is 0 Å². The van der Waals surface area contributed by atoms with Crippen LogP contribution in [0.1, 0.15) is 13.3 Å². The minimum absolute atomic E-state index is 0.0450. The summed E-state index contributed by atoms with van der Waals surface area (Å²) in [6.07, 6.45) is 0.212. The van der Waals surface area contributed by atoms with E-state index in [0.717, 1.165) is 15.9 Å². The van der Waals surface area contributed by atoms with Crippen LogP contribution in [0.25, 0.3) is 0 Å². The van der Waals surface area contributed by atoms with Gasteiger partial charge in [-0.1, -0.05) is 12.1 Å². The van der Waals surface area contributed by atoms with E-state index >= 15 is 0 Å². The molecule has 0 aromatic heterocycles. The van der Waals surface area contributed by atoms with Crippen molar-refractivity contribution in [2.75, 3.05) is 23.4 Å². The maximum atomic E-state index is 12.5. The Morgan fingerprint density at radius 1 is 1.24 bits per heavy atom. The molecule has 130 valence electrons. The number of benzene rings is 2. The maximum absolute atomic E-state index is 12.5. The van der Waals surface area contributed by atoms with Crippen molar-refractivity contribution in [2.45, 2.75) is 13.3 Å². The van der Waals surface area contributed by atoms with E-state index in [1.807, 2.05) is 55.5 Å². The second kappa shape index (κ2) is 7.70. The highest BCUT2D eigenvalue weighted by Crippen LogP contribution is 2.28. The molecule has 3 rings (SSSR count). The number of rotatable bonds is 5. The molecule has 0 aliphatic carbocycles. The van der Waals surface area contributed by atoms with Gasteiger partial charge in [-0.3, -0.25) is 9.59 Å². The molecule has 2 aromatic rings. The van der Waals surface area contributed by atoms with E-state index in [-0.39, 0.29) is 24.2 Å². The number of carbonyl (C=O) groups excluding carboxylic acids is 2. The molecule has 1 fully saturated rings. The van der Waals surface area contributed by atoms with Crippen molar-refractivity contribution in [3.8, 4) is 5.75 Å². The zero-order valence-corrected chi connectivity index (χ0v) is 15.5. The van der Waals surface area contributed by atoms with Crippen molar-refractivity contribution in [3.05, 3.63) is 53.0 Å². The second-order valence-corrected chi connectivity index (χ2v) is 6.66. The van der Waals surface area contributed by atoms with Crippen molar-refractivity contribution in [1.29, 1.82) is 0 Å². The summed E-state index contributed by atoms with van der Waals surface area (Å²) < 4.78 is 6.23. The molecule has 0 unspecified atom stereocenters. The van der Waals surface area contributed by atoms with E-state index in [1.165, 1.54) is 0 Å². The third-order valence-corrected chi connectivity index (χ3v) is 4.78. The van der Waals surface area contributed by atoms with Crippen molar-refractivity contribution in [2.24, 2.45) is 5.92 Å². The Morgan fingerprint density at radius 3 is 2.64 bits per heavy atom. The van der Waals surface area contributed by atoms with Crippen LogP contribution in [-0.4, -0.2) is 25.0 Å². The van der Waals surface area contributed by atoms with Gasteiger partial charge in [0.1, 0.15) is 5.75 Å². The van der Waals surface area contributed by atoms with E-state index in [4.69, 9.17) is 4.74 Å². The number of para-hydroxylation sites is 1. The molecular weight excluding hydrogens is 384 g/mol. The summed E-state index contributed by atoms with van der Waals surface area (Å²) in [4.78, 5) is 26.5. The molecule has 1 aliphatic heterocycles. The van der Waals surface area contributed by atoms with E-state index in [2.05, 4.69) is 21.2 Å². The zero-order valence-electron chi connectivity index (χ0n) is 13.9. The lowest BCUT2D eigenvalue weighted by Gasteiger charge is -2.17. The molecular formula is C19H19BrN2O3. The van der Waals surface area contributed by atoms with E-state index in [0.29, 0.717) is 18.8 Å². The van der Waals surface area contributed by atoms with E-state index in [1.54, 1.807) is 4.90 Å². The first-order chi connectivity index (χ1) is 12.1. The largest absolute Gasteiger partial charge is 0.494 e. The number of anilines is 2. The van der Waals surface area contributed by atoms with Crippen molar-refractivity contribution < 1.29 is 14.3 Å². The van der Waals surface area contributed by atoms with Crippen LogP contribution in [0, 0.1) is 5.92 Å². The summed E-state index contributed by atoms with van der Waals surface area (Å²) in [7, 11) is 0. The molecule has 1 atom stereocenters. The van der Waals surface area contributed by atoms with Gasteiger partial charge in [0.2, 0.25) is 11.8 Å². The summed E-state index contributed by atoms with van der Waals surface area (Å²) in [5, 5.41) is 2.89. The van der Waals surface area contributed by atoms with Gasteiger partial charge in [-0.15, -0.1) is 0 Å². The Balaban J connectivity index is 1.67. The molecule has 0 saturated carbocycles. The summed E-state index contributed by atoms with van der Waals surface area (Å²) >= 11 is 3.41. The van der Waals surface area contributed by atoms with Crippen molar-refractivity contribution >= 4 is 39.1 Å². The highest BCUT2D eigenvalue weighted by molar-refractivity contribution is 9.10. The molecule has 0 spiro atoms. The Bertz CT molecular complexity index is 776. The van der Waals surface area contributed by atoms with Gasteiger partial charge in [0.05, 0.1) is 18.2 Å². The van der Waals surface area contributed by atoms with Crippen LogP contribution in [0.15, 0.2) is 53.0 Å². The van der Waals surface area contributed by atoms with Gasteiger partial charge in [0.15, 0.2) is 0 Å². The molecule has 2 amide bonds. The summed E-state index contributed by atoms with van der Waals surface area (Å²) in [5.74, 6) is 0.206. The predicted octanol–water partition coefficient (Wildman–Crippen LogP) is 3.84. The lowest BCUT2D eigenvalue weighted by atomic mass is 10.1. The lowest BCUT2D eigenvalue weighted by molar-refractivity contribution is -0.122. The molecule has 25 heavy (non-hydrogen) atoms. The van der Waals surface area contributed by atoms with Gasteiger partial charge < -0.3 is 15.0 Å². The minimum atomic E-state index is -0.369. The lowest BCUT2D eigenvalue weighted by Crippen LogP contribution is -2.28. The molecule has 1 aliphatic rings. The molecule has 5 nitrogen and oxygen atoms in total. The first kappa shape index (κ1) is 17.5. The van der Waals surface area contributed by atoms with Crippen LogP contribution in [0.3, 0.4) is 0 Å². The standard InChI is InChI=1S/C19H19BrN2O3/c1-2-25-15-9-7-14(8-10-15)22-12-13(11-18(22)23)19(24)21-17-6-4-3-5-16(17)20/h3-10,13H,2,11-12H2,1H3,(H,21,24)/t13-/m1/s1. The fourth-order valence-corrected chi connectivity index (χ4v) is 3.20. The fraction of sp³-hybridized carbons (Fsp3) is 0.263. The SMILES string of the molecule is CCOc1ccc(N2C[C@H](C(=O)Nc3ccccc3Br)CC2=O)cc1. The average molecular weight is 403 g/mol. The summed E-state index contributed by atoms with van der Waals surface area (Å²) in [6.45, 7) is 2.90. The van der Waals surface area contributed by atoms with Crippen LogP contribution in [0.2, 0.25) is 0 Å². The molecule has 2 aromatic carbocycles. The van der Waals surface area contributed by atoms with Crippen LogP contribution >= 0.6 is 15.9 Å². The predicted molar refractivity (Wildman–Crippen MR) is 101 cm³/mol. The quantitative estimate of drug-likeness (QED) is 0.826. The molecule has 1 saturated heterocycles. The van der Waals surface area contributed by atoms with Gasteiger partial charge in [0, 0.05) is 23.1 Å². The molecule has 6 heteroatoms. The highest BCUT2D eigenvalue weighted by Gasteiger charge is 2.35. The Labute approximate surface area is 155 Å². The zero-order chi connectivity index (χ0) is 17.8. The van der Waals surface area contributed by atoms with Crippen molar-refractivity contribution in [3.63, 3.8) is 0 Å². The first-order valence-electron chi connectivity index (χ1n) is 8.17. The highest BCUT2D eigenvalue weighted by atomic mass is 79.9. The van der Waals surface area contributed by atoms with Crippen molar-refractivity contribution in [1.82, 2.24) is 0 Å². The Hall–Kier alpha value is -2.34. The Kier molecular flexibility index (Phi) is 5.38. The molecule has 0 radical (unpaired) electrons. The third kappa shape index (κ3) is 4.02. The number of hydrogen-bond acceptors (Lipinski definition) is 3. The third-order valence-electron chi connectivity index (χ3n) is 4.09. The van der Waals surface area contributed by atoms with E-state index in [9.17, 15) is 9.59 Å². The molecule has 0 bridgehead atoms. The van der Waals surface area contributed by atoms with E-state index < -0.39 is 0 Å². The summed E-state index contributed by atoms with van der Waals surface area (Å²) in [6, 6.07) is 14.8. The van der Waals surface area contributed by atoms with Crippen LogP contribution in [-0.2, 0) is 9.59 Å².